The lowest BCUT2D eigenvalue weighted by atomic mass is 9.99. The molecule has 1 heterocycles. The van der Waals surface area contributed by atoms with Crippen LogP contribution in [0.1, 0.15) is 45.2 Å². The molecule has 0 fully saturated rings. The molecule has 0 saturated heterocycles. The van der Waals surface area contributed by atoms with E-state index in [1.165, 1.54) is 4.57 Å². The Morgan fingerprint density at radius 1 is 1.27 bits per heavy atom. The molecule has 0 aromatic carbocycles. The van der Waals surface area contributed by atoms with Gasteiger partial charge in [-0.3, -0.25) is 9.36 Å². The van der Waals surface area contributed by atoms with Gasteiger partial charge in [0.25, 0.3) is 5.56 Å². The van der Waals surface area contributed by atoms with Gasteiger partial charge in [-0.05, 0) is 25.7 Å². The van der Waals surface area contributed by atoms with Crippen LogP contribution in [0.25, 0.3) is 0 Å². The van der Waals surface area contributed by atoms with Crippen molar-refractivity contribution in [1.29, 1.82) is 0 Å². The van der Waals surface area contributed by atoms with Crippen molar-refractivity contribution in [3.8, 4) is 0 Å². The lowest BCUT2D eigenvalue weighted by molar-refractivity contribution is 0.593. The van der Waals surface area contributed by atoms with Crippen molar-refractivity contribution in [3.05, 3.63) is 32.6 Å². The third-order valence-corrected chi connectivity index (χ3v) is 2.78. The lowest BCUT2D eigenvalue weighted by Gasteiger charge is -2.12. The number of hydrogen-bond donors (Lipinski definition) is 1. The maximum absolute atomic E-state index is 11.6. The molecular formula is C11H18N2O2. The summed E-state index contributed by atoms with van der Waals surface area (Å²) in [6.45, 7) is 6.31. The fourth-order valence-corrected chi connectivity index (χ4v) is 1.79. The summed E-state index contributed by atoms with van der Waals surface area (Å²) in [5, 5.41) is 0. The zero-order chi connectivity index (χ0) is 11.4. The van der Waals surface area contributed by atoms with Gasteiger partial charge in [0.1, 0.15) is 0 Å². The second-order valence-corrected chi connectivity index (χ2v) is 3.63. The number of hydrogen-bond acceptors (Lipinski definition) is 2. The fourth-order valence-electron chi connectivity index (χ4n) is 1.79. The van der Waals surface area contributed by atoms with Crippen molar-refractivity contribution < 1.29 is 0 Å². The molecular weight excluding hydrogens is 192 g/mol. The van der Waals surface area contributed by atoms with E-state index in [1.54, 1.807) is 13.0 Å². The molecule has 1 N–H and O–H groups in total. The van der Waals surface area contributed by atoms with E-state index >= 15 is 0 Å². The Labute approximate surface area is 89.0 Å². The van der Waals surface area contributed by atoms with Gasteiger partial charge in [0.15, 0.2) is 0 Å². The predicted molar refractivity (Wildman–Crippen MR) is 60.3 cm³/mol. The van der Waals surface area contributed by atoms with Crippen LogP contribution in [0.5, 0.6) is 0 Å². The SMILES string of the molecule is CCC(CC)c1cc(=O)n(CC)c(=O)[nH]1. The standard InChI is InChI=1S/C11H18N2O2/c1-4-8(5-2)9-7-10(14)13(6-3)11(15)12-9/h7-8H,4-6H2,1-3H3,(H,12,15). The third kappa shape index (κ3) is 2.37. The van der Waals surface area contributed by atoms with Gasteiger partial charge in [0.05, 0.1) is 0 Å². The molecule has 0 aliphatic rings. The van der Waals surface area contributed by atoms with Gasteiger partial charge in [-0.15, -0.1) is 0 Å². The number of H-pyrrole nitrogens is 1. The summed E-state index contributed by atoms with van der Waals surface area (Å²) >= 11 is 0. The maximum atomic E-state index is 11.6. The number of nitrogens with one attached hydrogen (secondary N) is 1. The van der Waals surface area contributed by atoms with Crippen molar-refractivity contribution in [3.63, 3.8) is 0 Å². The van der Waals surface area contributed by atoms with E-state index in [9.17, 15) is 9.59 Å². The zero-order valence-electron chi connectivity index (χ0n) is 9.54. The Morgan fingerprint density at radius 3 is 2.27 bits per heavy atom. The van der Waals surface area contributed by atoms with Gasteiger partial charge >= 0.3 is 5.69 Å². The Kier molecular flexibility index (Phi) is 3.88. The minimum Gasteiger partial charge on any atom is -0.311 e. The monoisotopic (exact) mass is 210 g/mol. The summed E-state index contributed by atoms with van der Waals surface area (Å²) in [4.78, 5) is 25.9. The smallest absolute Gasteiger partial charge is 0.311 e. The molecule has 0 spiro atoms. The van der Waals surface area contributed by atoms with Crippen LogP contribution in [-0.2, 0) is 6.54 Å². The molecule has 4 nitrogen and oxygen atoms in total. The van der Waals surface area contributed by atoms with Crippen LogP contribution >= 0.6 is 0 Å². The van der Waals surface area contributed by atoms with Crippen LogP contribution in [-0.4, -0.2) is 9.55 Å². The summed E-state index contributed by atoms with van der Waals surface area (Å²) in [6, 6.07) is 1.54. The highest BCUT2D eigenvalue weighted by Gasteiger charge is 2.10. The Morgan fingerprint density at radius 2 is 1.87 bits per heavy atom. The first-order chi connectivity index (χ1) is 7.13. The average Bonchev–Trinajstić information content (AvgIpc) is 2.19. The molecule has 0 amide bonds. The summed E-state index contributed by atoms with van der Waals surface area (Å²) in [7, 11) is 0. The molecule has 0 aliphatic heterocycles. The molecule has 0 bridgehead atoms. The predicted octanol–water partition coefficient (Wildman–Crippen LogP) is 1.46. The number of rotatable bonds is 4. The van der Waals surface area contributed by atoms with E-state index in [2.05, 4.69) is 18.8 Å². The van der Waals surface area contributed by atoms with Crippen LogP contribution in [0.2, 0.25) is 0 Å². The van der Waals surface area contributed by atoms with Crippen molar-refractivity contribution in [1.82, 2.24) is 9.55 Å². The summed E-state index contributed by atoms with van der Waals surface area (Å²) in [6.07, 6.45) is 1.87. The van der Waals surface area contributed by atoms with E-state index in [0.29, 0.717) is 6.54 Å². The first-order valence-corrected chi connectivity index (χ1v) is 5.48. The molecule has 1 aromatic heterocycles. The topological polar surface area (TPSA) is 54.9 Å². The first kappa shape index (κ1) is 11.8. The van der Waals surface area contributed by atoms with E-state index in [-0.39, 0.29) is 17.2 Å². The van der Waals surface area contributed by atoms with Gasteiger partial charge in [0.2, 0.25) is 0 Å². The minimum absolute atomic E-state index is 0.205. The second-order valence-electron chi connectivity index (χ2n) is 3.63. The number of nitrogens with zero attached hydrogens (tertiary/aromatic N) is 1. The van der Waals surface area contributed by atoms with E-state index in [1.807, 2.05) is 0 Å². The van der Waals surface area contributed by atoms with Crippen LogP contribution < -0.4 is 11.2 Å². The molecule has 4 heteroatoms. The molecule has 15 heavy (non-hydrogen) atoms. The van der Waals surface area contributed by atoms with Gasteiger partial charge in [0, 0.05) is 18.3 Å². The van der Waals surface area contributed by atoms with Crippen LogP contribution in [0.4, 0.5) is 0 Å². The van der Waals surface area contributed by atoms with Gasteiger partial charge in [-0.1, -0.05) is 13.8 Å². The molecule has 0 aliphatic carbocycles. The van der Waals surface area contributed by atoms with Gasteiger partial charge < -0.3 is 4.98 Å². The third-order valence-electron chi connectivity index (χ3n) is 2.78. The summed E-state index contributed by atoms with van der Waals surface area (Å²) in [5.41, 5.74) is 0.259. The largest absolute Gasteiger partial charge is 0.328 e. The fraction of sp³-hybridized carbons (Fsp3) is 0.636. The molecule has 0 atom stereocenters. The highest BCUT2D eigenvalue weighted by atomic mass is 16.2. The molecule has 0 radical (unpaired) electrons. The van der Waals surface area contributed by atoms with Crippen LogP contribution in [0.3, 0.4) is 0 Å². The minimum atomic E-state index is -0.299. The van der Waals surface area contributed by atoms with E-state index in [4.69, 9.17) is 0 Å². The lowest BCUT2D eigenvalue weighted by Crippen LogP contribution is -2.35. The number of aromatic amines is 1. The summed E-state index contributed by atoms with van der Waals surface area (Å²) < 4.78 is 1.20. The highest BCUT2D eigenvalue weighted by molar-refractivity contribution is 5.06. The molecule has 0 saturated carbocycles. The van der Waals surface area contributed by atoms with Crippen molar-refractivity contribution in [2.45, 2.75) is 46.1 Å². The Balaban J connectivity index is 3.25. The summed E-state index contributed by atoms with van der Waals surface area (Å²) in [5.74, 6) is 0.275. The molecule has 84 valence electrons. The normalized spacial score (nSPS) is 10.9. The Bertz CT molecular complexity index is 396. The molecule has 0 unspecified atom stereocenters. The van der Waals surface area contributed by atoms with Crippen LogP contribution in [0, 0.1) is 0 Å². The van der Waals surface area contributed by atoms with E-state index < -0.39 is 0 Å². The van der Waals surface area contributed by atoms with Crippen molar-refractivity contribution >= 4 is 0 Å². The quantitative estimate of drug-likeness (QED) is 0.818. The highest BCUT2D eigenvalue weighted by Crippen LogP contribution is 2.18. The molecule has 1 aromatic rings. The zero-order valence-corrected chi connectivity index (χ0v) is 9.54. The number of aromatic nitrogens is 2. The Hall–Kier alpha value is -1.32. The molecule has 1 rings (SSSR count). The van der Waals surface area contributed by atoms with Gasteiger partial charge in [-0.2, -0.15) is 0 Å². The second kappa shape index (κ2) is 4.96. The maximum Gasteiger partial charge on any atom is 0.328 e. The van der Waals surface area contributed by atoms with Crippen LogP contribution in [0.15, 0.2) is 15.7 Å². The average molecular weight is 210 g/mol. The van der Waals surface area contributed by atoms with E-state index in [0.717, 1.165) is 18.5 Å². The van der Waals surface area contributed by atoms with Gasteiger partial charge in [-0.25, -0.2) is 4.79 Å². The van der Waals surface area contributed by atoms with Crippen molar-refractivity contribution in [2.24, 2.45) is 0 Å². The van der Waals surface area contributed by atoms with Crippen molar-refractivity contribution in [2.75, 3.05) is 0 Å². The first-order valence-electron chi connectivity index (χ1n) is 5.48.